The van der Waals surface area contributed by atoms with Gasteiger partial charge in [-0.25, -0.2) is 0 Å². The van der Waals surface area contributed by atoms with Crippen molar-refractivity contribution in [1.29, 1.82) is 0 Å². The molecule has 102 valence electrons. The number of benzene rings is 2. The molecule has 0 spiro atoms. The van der Waals surface area contributed by atoms with Crippen LogP contribution >= 0.6 is 11.6 Å². The van der Waals surface area contributed by atoms with Crippen molar-refractivity contribution < 1.29 is 9.90 Å². The number of ketones is 1. The molecule has 3 nitrogen and oxygen atoms in total. The first kappa shape index (κ1) is 14.2. The molecular formula is C16H14ClNO2. The molecule has 0 unspecified atom stereocenters. The van der Waals surface area contributed by atoms with Crippen molar-refractivity contribution in [2.45, 2.75) is 6.92 Å². The summed E-state index contributed by atoms with van der Waals surface area (Å²) < 4.78 is 0. The highest BCUT2D eigenvalue weighted by atomic mass is 35.5. The Labute approximate surface area is 122 Å². The molecule has 0 aromatic heterocycles. The molecule has 0 fully saturated rings. The average molecular weight is 288 g/mol. The monoisotopic (exact) mass is 287 g/mol. The number of anilines is 1. The van der Waals surface area contributed by atoms with E-state index >= 15 is 0 Å². The minimum absolute atomic E-state index is 0.0922. The highest BCUT2D eigenvalue weighted by Crippen LogP contribution is 2.16. The Morgan fingerprint density at radius 2 is 1.70 bits per heavy atom. The van der Waals surface area contributed by atoms with Gasteiger partial charge in [-0.1, -0.05) is 11.6 Å². The third-order valence-corrected chi connectivity index (χ3v) is 2.94. The third kappa shape index (κ3) is 3.87. The molecule has 0 aliphatic carbocycles. The maximum absolute atomic E-state index is 12.0. The second-order valence-electron chi connectivity index (χ2n) is 4.37. The fourth-order valence-corrected chi connectivity index (χ4v) is 1.83. The van der Waals surface area contributed by atoms with Gasteiger partial charge in [-0.05, 0) is 55.5 Å². The minimum Gasteiger partial charge on any atom is -0.508 e. The number of hydrogen-bond acceptors (Lipinski definition) is 3. The van der Waals surface area contributed by atoms with E-state index in [4.69, 9.17) is 11.6 Å². The molecule has 4 heteroatoms. The van der Waals surface area contributed by atoms with Gasteiger partial charge in [0, 0.05) is 28.0 Å². The minimum atomic E-state index is -0.0922. The summed E-state index contributed by atoms with van der Waals surface area (Å²) in [5, 5.41) is 12.9. The molecule has 0 saturated carbocycles. The first-order chi connectivity index (χ1) is 9.54. The SMILES string of the molecule is C/C(=C/C(=O)c1ccc(Cl)cc1)Nc1ccc(O)cc1. The van der Waals surface area contributed by atoms with Gasteiger partial charge in [0.25, 0.3) is 0 Å². The van der Waals surface area contributed by atoms with Crippen LogP contribution in [0, 0.1) is 0 Å². The summed E-state index contributed by atoms with van der Waals surface area (Å²) in [4.78, 5) is 12.0. The van der Waals surface area contributed by atoms with E-state index in [9.17, 15) is 9.90 Å². The maximum Gasteiger partial charge on any atom is 0.187 e. The summed E-state index contributed by atoms with van der Waals surface area (Å²) in [6.07, 6.45) is 1.52. The predicted octanol–water partition coefficient (Wildman–Crippen LogP) is 4.24. The summed E-state index contributed by atoms with van der Waals surface area (Å²) in [6.45, 7) is 1.81. The molecule has 0 aliphatic rings. The number of carbonyl (C=O) groups excluding carboxylic acids is 1. The molecule has 0 aliphatic heterocycles. The molecule has 0 radical (unpaired) electrons. The van der Waals surface area contributed by atoms with E-state index in [0.29, 0.717) is 10.6 Å². The Balaban J connectivity index is 2.07. The normalized spacial score (nSPS) is 11.2. The van der Waals surface area contributed by atoms with Crippen LogP contribution in [0.3, 0.4) is 0 Å². The summed E-state index contributed by atoms with van der Waals surface area (Å²) in [6, 6.07) is 13.4. The topological polar surface area (TPSA) is 49.3 Å². The van der Waals surface area contributed by atoms with Gasteiger partial charge >= 0.3 is 0 Å². The largest absolute Gasteiger partial charge is 0.508 e. The van der Waals surface area contributed by atoms with Crippen LogP contribution in [0.5, 0.6) is 5.75 Å². The molecular weight excluding hydrogens is 274 g/mol. The molecule has 0 atom stereocenters. The van der Waals surface area contributed by atoms with Crippen LogP contribution in [0.1, 0.15) is 17.3 Å². The van der Waals surface area contributed by atoms with Crippen molar-refractivity contribution in [2.75, 3.05) is 5.32 Å². The Morgan fingerprint density at radius 1 is 1.10 bits per heavy atom. The Hall–Kier alpha value is -2.26. The van der Waals surface area contributed by atoms with E-state index in [0.717, 1.165) is 11.4 Å². The number of hydrogen-bond donors (Lipinski definition) is 2. The lowest BCUT2D eigenvalue weighted by atomic mass is 10.1. The lowest BCUT2D eigenvalue weighted by Crippen LogP contribution is -2.01. The van der Waals surface area contributed by atoms with E-state index in [-0.39, 0.29) is 11.5 Å². The molecule has 0 bridgehead atoms. The third-order valence-electron chi connectivity index (χ3n) is 2.69. The number of carbonyl (C=O) groups is 1. The number of phenolic OH excluding ortho intramolecular Hbond substituents is 1. The van der Waals surface area contributed by atoms with Crippen LogP contribution in [-0.4, -0.2) is 10.9 Å². The summed E-state index contributed by atoms with van der Waals surface area (Å²) in [5.41, 5.74) is 2.11. The number of halogens is 1. The van der Waals surface area contributed by atoms with Gasteiger partial charge in [-0.2, -0.15) is 0 Å². The first-order valence-corrected chi connectivity index (χ1v) is 6.46. The second kappa shape index (κ2) is 6.26. The highest BCUT2D eigenvalue weighted by molar-refractivity contribution is 6.30. The molecule has 2 rings (SSSR count). The second-order valence-corrected chi connectivity index (χ2v) is 4.81. The number of allylic oxidation sites excluding steroid dienone is 2. The Bertz CT molecular complexity index is 631. The van der Waals surface area contributed by atoms with Gasteiger partial charge in [0.15, 0.2) is 5.78 Å². The summed E-state index contributed by atoms with van der Waals surface area (Å²) in [7, 11) is 0. The van der Waals surface area contributed by atoms with E-state index in [1.54, 1.807) is 55.5 Å². The first-order valence-electron chi connectivity index (χ1n) is 6.09. The fraction of sp³-hybridized carbons (Fsp3) is 0.0625. The quantitative estimate of drug-likeness (QED) is 0.502. The number of nitrogens with one attached hydrogen (secondary N) is 1. The van der Waals surface area contributed by atoms with Crippen molar-refractivity contribution in [1.82, 2.24) is 0 Å². The Kier molecular flexibility index (Phi) is 4.43. The van der Waals surface area contributed by atoms with Crippen molar-refractivity contribution in [3.05, 3.63) is 70.9 Å². The van der Waals surface area contributed by atoms with E-state index in [2.05, 4.69) is 5.32 Å². The molecule has 0 saturated heterocycles. The van der Waals surface area contributed by atoms with Gasteiger partial charge in [-0.3, -0.25) is 4.79 Å². The highest BCUT2D eigenvalue weighted by Gasteiger charge is 2.03. The number of aromatic hydroxyl groups is 1. The fourth-order valence-electron chi connectivity index (χ4n) is 1.70. The van der Waals surface area contributed by atoms with E-state index in [1.165, 1.54) is 6.08 Å². The smallest absolute Gasteiger partial charge is 0.187 e. The van der Waals surface area contributed by atoms with Crippen LogP contribution in [0.4, 0.5) is 5.69 Å². The standard InChI is InChI=1S/C16H14ClNO2/c1-11(18-14-6-8-15(19)9-7-14)10-16(20)12-2-4-13(17)5-3-12/h2-10,18-19H,1H3/b11-10-. The van der Waals surface area contributed by atoms with Gasteiger partial charge in [0.2, 0.25) is 0 Å². The molecule has 0 amide bonds. The average Bonchev–Trinajstić information content (AvgIpc) is 2.42. The summed E-state index contributed by atoms with van der Waals surface area (Å²) >= 11 is 5.78. The molecule has 2 aromatic rings. The summed E-state index contributed by atoms with van der Waals surface area (Å²) in [5.74, 6) is 0.111. The van der Waals surface area contributed by atoms with E-state index < -0.39 is 0 Å². The van der Waals surface area contributed by atoms with Crippen LogP contribution in [-0.2, 0) is 0 Å². The van der Waals surface area contributed by atoms with Crippen LogP contribution in [0.15, 0.2) is 60.3 Å². The maximum atomic E-state index is 12.0. The van der Waals surface area contributed by atoms with Gasteiger partial charge < -0.3 is 10.4 Å². The predicted molar refractivity (Wildman–Crippen MR) is 81.3 cm³/mol. The lowest BCUT2D eigenvalue weighted by molar-refractivity contribution is 0.104. The number of phenols is 1. The number of rotatable bonds is 4. The van der Waals surface area contributed by atoms with Crippen molar-refractivity contribution in [3.63, 3.8) is 0 Å². The van der Waals surface area contributed by atoms with Crippen LogP contribution < -0.4 is 5.32 Å². The lowest BCUT2D eigenvalue weighted by Gasteiger charge is -2.06. The van der Waals surface area contributed by atoms with Crippen molar-refractivity contribution in [2.24, 2.45) is 0 Å². The molecule has 2 N–H and O–H groups in total. The van der Waals surface area contributed by atoms with Crippen molar-refractivity contribution in [3.8, 4) is 5.75 Å². The molecule has 2 aromatic carbocycles. The van der Waals surface area contributed by atoms with E-state index in [1.807, 2.05) is 0 Å². The van der Waals surface area contributed by atoms with Gasteiger partial charge in [-0.15, -0.1) is 0 Å². The van der Waals surface area contributed by atoms with Crippen LogP contribution in [0.2, 0.25) is 5.02 Å². The molecule has 0 heterocycles. The van der Waals surface area contributed by atoms with Gasteiger partial charge in [0.1, 0.15) is 5.75 Å². The Morgan fingerprint density at radius 3 is 2.30 bits per heavy atom. The zero-order valence-electron chi connectivity index (χ0n) is 10.9. The zero-order valence-corrected chi connectivity index (χ0v) is 11.7. The molecule has 20 heavy (non-hydrogen) atoms. The van der Waals surface area contributed by atoms with Crippen LogP contribution in [0.25, 0.3) is 0 Å². The zero-order chi connectivity index (χ0) is 14.5. The van der Waals surface area contributed by atoms with Crippen molar-refractivity contribution >= 4 is 23.1 Å². The van der Waals surface area contributed by atoms with Gasteiger partial charge in [0.05, 0.1) is 0 Å².